The van der Waals surface area contributed by atoms with Gasteiger partial charge in [-0.25, -0.2) is 4.98 Å². The third kappa shape index (κ3) is 2.49. The van der Waals surface area contributed by atoms with Gasteiger partial charge in [-0.15, -0.1) is 35.1 Å². The summed E-state index contributed by atoms with van der Waals surface area (Å²) in [6, 6.07) is 12.6. The van der Waals surface area contributed by atoms with Gasteiger partial charge in [0.15, 0.2) is 5.65 Å². The van der Waals surface area contributed by atoms with Crippen molar-refractivity contribution in [1.29, 1.82) is 0 Å². The molecule has 0 amide bonds. The fourth-order valence-corrected chi connectivity index (χ4v) is 4.64. The Morgan fingerprint density at radius 3 is 2.27 bits per heavy atom. The summed E-state index contributed by atoms with van der Waals surface area (Å²) in [7, 11) is 0. The summed E-state index contributed by atoms with van der Waals surface area (Å²) in [6.07, 6.45) is 1.71. The van der Waals surface area contributed by atoms with E-state index in [1.54, 1.807) is 40.2 Å². The number of imidazole rings is 1. The normalized spacial score (nSPS) is 11.1. The summed E-state index contributed by atoms with van der Waals surface area (Å²) in [6.45, 7) is 1.80. The molecule has 1 N–H and O–H groups in total. The maximum Gasteiger partial charge on any atom is 0.219 e. The van der Waals surface area contributed by atoms with Gasteiger partial charge >= 0.3 is 0 Å². The van der Waals surface area contributed by atoms with Gasteiger partial charge in [-0.3, -0.25) is 9.38 Å². The minimum absolute atomic E-state index is 0. The van der Waals surface area contributed by atoms with Crippen LogP contribution in [0.3, 0.4) is 0 Å². The largest absolute Gasteiger partial charge is 0.493 e. The molecule has 0 radical (unpaired) electrons. The number of nitrogens with zero attached hydrogens (tertiary/aromatic N) is 3. The van der Waals surface area contributed by atoms with Gasteiger partial charge < -0.3 is 5.11 Å². The van der Waals surface area contributed by atoms with E-state index in [1.807, 2.05) is 0 Å². The number of aromatic nitrogens is 3. The minimum atomic E-state index is 0. The molecule has 4 aromatic heterocycles. The molecule has 4 heterocycles. The Kier molecular flexibility index (Phi) is 4.19. The maximum atomic E-state index is 10.4. The number of rotatable bonds is 2. The fraction of sp³-hybridized carbons (Fsp3) is 0.0526. The number of fused-ring (bicyclic) bond motifs is 3. The van der Waals surface area contributed by atoms with Crippen molar-refractivity contribution in [1.82, 2.24) is 14.4 Å². The molecule has 0 saturated heterocycles. The molecule has 0 aliphatic rings. The van der Waals surface area contributed by atoms with Gasteiger partial charge in [0.2, 0.25) is 5.88 Å². The van der Waals surface area contributed by atoms with Crippen LogP contribution >= 0.6 is 35.1 Å². The van der Waals surface area contributed by atoms with Crippen molar-refractivity contribution in [2.24, 2.45) is 0 Å². The van der Waals surface area contributed by atoms with Crippen LogP contribution in [0.25, 0.3) is 37.6 Å². The summed E-state index contributed by atoms with van der Waals surface area (Å²) >= 11 is 3.42. The molecule has 4 nitrogen and oxygen atoms in total. The molecule has 5 aromatic rings. The molecule has 0 atom stereocenters. The topological polar surface area (TPSA) is 50.4 Å². The first-order valence-electron chi connectivity index (χ1n) is 7.81. The van der Waals surface area contributed by atoms with Crippen LogP contribution in [0.5, 0.6) is 5.88 Å². The zero-order valence-corrected chi connectivity index (χ0v) is 16.2. The van der Waals surface area contributed by atoms with E-state index in [0.29, 0.717) is 11.3 Å². The second kappa shape index (κ2) is 6.39. The summed E-state index contributed by atoms with van der Waals surface area (Å²) in [4.78, 5) is 11.4. The average Bonchev–Trinajstić information content (AvgIpc) is 3.36. The lowest BCUT2D eigenvalue weighted by Gasteiger charge is -2.10. The van der Waals surface area contributed by atoms with Gasteiger partial charge in [0, 0.05) is 20.9 Å². The Hall–Kier alpha value is -2.41. The number of hydrogen-bond donors (Lipinski definition) is 1. The number of halogens is 1. The molecule has 0 aliphatic heterocycles. The van der Waals surface area contributed by atoms with Crippen LogP contribution in [0.2, 0.25) is 0 Å². The lowest BCUT2D eigenvalue weighted by Crippen LogP contribution is -1.93. The van der Waals surface area contributed by atoms with Crippen LogP contribution in [0, 0.1) is 6.92 Å². The van der Waals surface area contributed by atoms with Crippen LogP contribution < -0.4 is 0 Å². The number of aromatic hydroxyl groups is 1. The van der Waals surface area contributed by atoms with E-state index in [0.717, 1.165) is 22.2 Å². The van der Waals surface area contributed by atoms with Gasteiger partial charge in [0.25, 0.3) is 0 Å². The predicted molar refractivity (Wildman–Crippen MR) is 111 cm³/mol. The summed E-state index contributed by atoms with van der Waals surface area (Å²) in [5, 5.41) is 14.6. The molecule has 130 valence electrons. The summed E-state index contributed by atoms with van der Waals surface area (Å²) in [5.41, 5.74) is 5.26. The Morgan fingerprint density at radius 1 is 1.00 bits per heavy atom. The van der Waals surface area contributed by atoms with Gasteiger partial charge in [-0.1, -0.05) is 12.1 Å². The average molecular weight is 400 g/mol. The first-order chi connectivity index (χ1) is 12.2. The third-order valence-corrected chi connectivity index (χ3v) is 6.10. The molecule has 0 spiro atoms. The molecule has 1 aromatic carbocycles. The lowest BCUT2D eigenvalue weighted by molar-refractivity contribution is 0.446. The fourth-order valence-electron chi connectivity index (χ4n) is 3.12. The second-order valence-corrected chi connectivity index (χ2v) is 7.71. The number of benzene rings is 1. The van der Waals surface area contributed by atoms with Gasteiger partial charge in [-0.2, -0.15) is 0 Å². The molecular weight excluding hydrogens is 386 g/mol. The second-order valence-electron chi connectivity index (χ2n) is 5.81. The minimum Gasteiger partial charge on any atom is -0.493 e. The van der Waals surface area contributed by atoms with E-state index in [9.17, 15) is 5.11 Å². The lowest BCUT2D eigenvalue weighted by atomic mass is 10.0. The van der Waals surface area contributed by atoms with Crippen LogP contribution in [-0.4, -0.2) is 19.5 Å². The van der Waals surface area contributed by atoms with Crippen LogP contribution in [0.1, 0.15) is 5.69 Å². The van der Waals surface area contributed by atoms with E-state index in [-0.39, 0.29) is 18.3 Å². The highest BCUT2D eigenvalue weighted by Crippen LogP contribution is 2.39. The summed E-state index contributed by atoms with van der Waals surface area (Å²) in [5.74, 6) is 0.170. The quantitative estimate of drug-likeness (QED) is 0.409. The predicted octanol–water partition coefficient (Wildman–Crippen LogP) is 5.78. The zero-order valence-electron chi connectivity index (χ0n) is 13.7. The third-order valence-electron chi connectivity index (χ3n) is 4.29. The molecule has 5 rings (SSSR count). The van der Waals surface area contributed by atoms with Crippen molar-refractivity contribution in [3.63, 3.8) is 0 Å². The van der Waals surface area contributed by atoms with Crippen LogP contribution in [0.4, 0.5) is 0 Å². The number of hydrogen-bond acceptors (Lipinski definition) is 5. The van der Waals surface area contributed by atoms with Crippen molar-refractivity contribution in [2.45, 2.75) is 6.92 Å². The SMILES string of the molecule is Cc1nc2cnc3cc(-c4cccs4)c(-c4cccs4)cc3n2c1O.Cl. The zero-order chi connectivity index (χ0) is 17.0. The molecule has 0 bridgehead atoms. The Balaban J connectivity index is 0.00000168. The van der Waals surface area contributed by atoms with Crippen molar-refractivity contribution >= 4 is 51.8 Å². The highest BCUT2D eigenvalue weighted by atomic mass is 35.5. The van der Waals surface area contributed by atoms with Crippen LogP contribution in [-0.2, 0) is 0 Å². The number of thiophene rings is 2. The first-order valence-corrected chi connectivity index (χ1v) is 9.57. The van der Waals surface area contributed by atoms with Crippen LogP contribution in [0.15, 0.2) is 53.4 Å². The monoisotopic (exact) mass is 399 g/mol. The van der Waals surface area contributed by atoms with Gasteiger partial charge in [0.05, 0.1) is 17.2 Å². The summed E-state index contributed by atoms with van der Waals surface area (Å²) < 4.78 is 1.77. The molecule has 0 aliphatic carbocycles. The smallest absolute Gasteiger partial charge is 0.219 e. The van der Waals surface area contributed by atoms with Crippen molar-refractivity contribution in [3.05, 3.63) is 59.0 Å². The van der Waals surface area contributed by atoms with E-state index in [2.05, 4.69) is 57.1 Å². The van der Waals surface area contributed by atoms with E-state index < -0.39 is 0 Å². The Labute approximate surface area is 163 Å². The van der Waals surface area contributed by atoms with Crippen molar-refractivity contribution in [3.8, 4) is 26.8 Å². The highest BCUT2D eigenvalue weighted by molar-refractivity contribution is 7.14. The van der Waals surface area contributed by atoms with Gasteiger partial charge in [0.1, 0.15) is 5.69 Å². The molecular formula is C19H14ClN3OS2. The Bertz CT molecular complexity index is 1210. The molecule has 26 heavy (non-hydrogen) atoms. The molecule has 7 heteroatoms. The Morgan fingerprint density at radius 2 is 1.65 bits per heavy atom. The molecule has 0 fully saturated rings. The molecule has 0 saturated carbocycles. The molecule has 0 unspecified atom stereocenters. The maximum absolute atomic E-state index is 10.4. The first kappa shape index (κ1) is 17.0. The van der Waals surface area contributed by atoms with E-state index >= 15 is 0 Å². The standard InChI is InChI=1S/C19H13N3OS2.ClH/c1-11-19(23)22-15-9-13(17-5-3-7-25-17)12(16-4-2-6-24-16)8-14(15)20-10-18(22)21-11;/h2-10,23H,1H3;1H. The highest BCUT2D eigenvalue weighted by Gasteiger charge is 2.16. The van der Waals surface area contributed by atoms with E-state index in [1.165, 1.54) is 9.75 Å². The van der Waals surface area contributed by atoms with E-state index in [4.69, 9.17) is 0 Å². The number of aryl methyl sites for hydroxylation is 1. The van der Waals surface area contributed by atoms with Crippen molar-refractivity contribution in [2.75, 3.05) is 0 Å². The van der Waals surface area contributed by atoms with Crippen molar-refractivity contribution < 1.29 is 5.11 Å². The van der Waals surface area contributed by atoms with Gasteiger partial charge in [-0.05, 0) is 41.9 Å².